The molecule has 0 fully saturated rings. The standard InChI is InChI=1S/C27H23N3O2S2/c1-3-28(20-13-9-10-18(2)16-20)23(31)17-29-25-24(19-11-5-4-6-12-19)34-27(33)30(25)22-15-8-7-14-21(22)26(29)32/h4-16H,3,17H2,1-2H3. The van der Waals surface area contributed by atoms with E-state index in [0.29, 0.717) is 21.5 Å². The maximum atomic E-state index is 13.7. The van der Waals surface area contributed by atoms with Gasteiger partial charge in [-0.05, 0) is 61.5 Å². The smallest absolute Gasteiger partial charge is 0.262 e. The Morgan fingerprint density at radius 3 is 2.47 bits per heavy atom. The Labute approximate surface area is 206 Å². The highest BCUT2D eigenvalue weighted by Gasteiger charge is 2.22. The second-order valence-electron chi connectivity index (χ2n) is 8.11. The highest BCUT2D eigenvalue weighted by atomic mass is 32.1. The number of rotatable bonds is 5. The summed E-state index contributed by atoms with van der Waals surface area (Å²) in [6.45, 7) is 4.36. The van der Waals surface area contributed by atoms with Crippen LogP contribution >= 0.6 is 23.6 Å². The van der Waals surface area contributed by atoms with E-state index in [2.05, 4.69) is 0 Å². The topological polar surface area (TPSA) is 46.7 Å². The first-order valence-electron chi connectivity index (χ1n) is 11.1. The van der Waals surface area contributed by atoms with Gasteiger partial charge in [-0.2, -0.15) is 0 Å². The average Bonchev–Trinajstić information content (AvgIpc) is 3.20. The number of aromatic nitrogens is 2. The number of anilines is 1. The molecule has 0 aliphatic rings. The van der Waals surface area contributed by atoms with Crippen molar-refractivity contribution in [1.29, 1.82) is 0 Å². The van der Waals surface area contributed by atoms with Gasteiger partial charge < -0.3 is 4.90 Å². The highest BCUT2D eigenvalue weighted by Crippen LogP contribution is 2.33. The van der Waals surface area contributed by atoms with Crippen LogP contribution in [0.2, 0.25) is 0 Å². The van der Waals surface area contributed by atoms with Crippen LogP contribution < -0.4 is 10.5 Å². The normalized spacial score (nSPS) is 11.2. The molecule has 0 bridgehead atoms. The van der Waals surface area contributed by atoms with E-state index >= 15 is 0 Å². The lowest BCUT2D eigenvalue weighted by atomic mass is 10.2. The summed E-state index contributed by atoms with van der Waals surface area (Å²) in [7, 11) is 0. The Hall–Kier alpha value is -3.55. The van der Waals surface area contributed by atoms with Gasteiger partial charge in [0.1, 0.15) is 12.2 Å². The summed E-state index contributed by atoms with van der Waals surface area (Å²) >= 11 is 7.21. The fourth-order valence-corrected chi connectivity index (χ4v) is 5.79. The van der Waals surface area contributed by atoms with Gasteiger partial charge >= 0.3 is 0 Å². The molecule has 5 nitrogen and oxygen atoms in total. The largest absolute Gasteiger partial charge is 0.311 e. The lowest BCUT2D eigenvalue weighted by Gasteiger charge is -2.23. The number of hydrogen-bond donors (Lipinski definition) is 0. The van der Waals surface area contributed by atoms with Crippen LogP contribution in [0.1, 0.15) is 12.5 Å². The molecule has 0 spiro atoms. The van der Waals surface area contributed by atoms with Crippen molar-refractivity contribution < 1.29 is 4.79 Å². The van der Waals surface area contributed by atoms with Crippen LogP contribution in [0.15, 0.2) is 83.7 Å². The first-order chi connectivity index (χ1) is 16.5. The van der Waals surface area contributed by atoms with Crippen LogP contribution in [0.4, 0.5) is 5.69 Å². The molecule has 0 radical (unpaired) electrons. The van der Waals surface area contributed by atoms with Gasteiger partial charge in [-0.25, -0.2) is 0 Å². The lowest BCUT2D eigenvalue weighted by Crippen LogP contribution is -2.37. The lowest BCUT2D eigenvalue weighted by molar-refractivity contribution is -0.119. The van der Waals surface area contributed by atoms with E-state index in [1.807, 2.05) is 91.0 Å². The van der Waals surface area contributed by atoms with Crippen LogP contribution in [0.5, 0.6) is 0 Å². The summed E-state index contributed by atoms with van der Waals surface area (Å²) in [5.74, 6) is -0.150. The van der Waals surface area contributed by atoms with Crippen LogP contribution in [0.3, 0.4) is 0 Å². The van der Waals surface area contributed by atoms with E-state index in [9.17, 15) is 9.59 Å². The number of fused-ring (bicyclic) bond motifs is 3. The second kappa shape index (κ2) is 9.00. The third-order valence-corrected chi connectivity index (χ3v) is 7.34. The molecule has 0 unspecified atom stereocenters. The van der Waals surface area contributed by atoms with Gasteiger partial charge in [0, 0.05) is 12.2 Å². The van der Waals surface area contributed by atoms with E-state index in [1.165, 1.54) is 11.3 Å². The van der Waals surface area contributed by atoms with E-state index in [-0.39, 0.29) is 18.0 Å². The number of aryl methyl sites for hydroxylation is 1. The summed E-state index contributed by atoms with van der Waals surface area (Å²) in [5.41, 5.74) is 4.06. The van der Waals surface area contributed by atoms with E-state index in [4.69, 9.17) is 12.2 Å². The molecular weight excluding hydrogens is 462 g/mol. The van der Waals surface area contributed by atoms with Gasteiger partial charge in [0.15, 0.2) is 3.95 Å². The van der Waals surface area contributed by atoms with Crippen molar-refractivity contribution in [3.8, 4) is 10.4 Å². The second-order valence-corrected chi connectivity index (χ2v) is 9.75. The number of nitrogens with zero attached hydrogens (tertiary/aromatic N) is 3. The Morgan fingerprint density at radius 2 is 1.74 bits per heavy atom. The zero-order valence-electron chi connectivity index (χ0n) is 18.9. The average molecular weight is 486 g/mol. The number of likely N-dealkylation sites (N-methyl/N-ethyl adjacent to an activating group) is 1. The summed E-state index contributed by atoms with van der Waals surface area (Å²) in [4.78, 5) is 29.9. The fraction of sp³-hybridized carbons (Fsp3) is 0.148. The van der Waals surface area contributed by atoms with Crippen molar-refractivity contribution in [2.24, 2.45) is 0 Å². The molecule has 0 saturated heterocycles. The summed E-state index contributed by atoms with van der Waals surface area (Å²) < 4.78 is 4.14. The van der Waals surface area contributed by atoms with Gasteiger partial charge in [0.05, 0.1) is 15.8 Å². The molecule has 0 atom stereocenters. The first kappa shape index (κ1) is 22.3. The zero-order chi connectivity index (χ0) is 23.8. The Kier molecular flexibility index (Phi) is 5.89. The van der Waals surface area contributed by atoms with Crippen molar-refractivity contribution in [3.63, 3.8) is 0 Å². The maximum absolute atomic E-state index is 13.7. The highest BCUT2D eigenvalue weighted by molar-refractivity contribution is 7.73. The molecule has 0 N–H and O–H groups in total. The Morgan fingerprint density at radius 1 is 1.00 bits per heavy atom. The number of thiazole rings is 1. The van der Waals surface area contributed by atoms with Gasteiger partial charge in [-0.3, -0.25) is 18.6 Å². The predicted molar refractivity (Wildman–Crippen MR) is 143 cm³/mol. The minimum absolute atomic E-state index is 0.0830. The van der Waals surface area contributed by atoms with Gasteiger partial charge in [-0.1, -0.05) is 54.6 Å². The van der Waals surface area contributed by atoms with Gasteiger partial charge in [0.25, 0.3) is 5.56 Å². The number of carbonyl (C=O) groups is 1. The van der Waals surface area contributed by atoms with Crippen LogP contribution in [-0.4, -0.2) is 21.4 Å². The summed E-state index contributed by atoms with van der Waals surface area (Å²) in [6, 6.07) is 25.1. The number of amides is 1. The zero-order valence-corrected chi connectivity index (χ0v) is 20.5. The molecule has 0 aliphatic carbocycles. The monoisotopic (exact) mass is 485 g/mol. The number of benzene rings is 3. The first-order valence-corrected chi connectivity index (χ1v) is 12.3. The fourth-order valence-electron chi connectivity index (χ4n) is 4.36. The van der Waals surface area contributed by atoms with Crippen molar-refractivity contribution >= 4 is 51.7 Å². The van der Waals surface area contributed by atoms with Crippen LogP contribution in [0, 0.1) is 10.9 Å². The molecule has 2 aromatic heterocycles. The van der Waals surface area contributed by atoms with Crippen LogP contribution in [0.25, 0.3) is 27.0 Å². The summed E-state index contributed by atoms with van der Waals surface area (Å²) in [5, 5.41) is 0.537. The molecule has 170 valence electrons. The predicted octanol–water partition coefficient (Wildman–Crippen LogP) is 6.07. The quantitative estimate of drug-likeness (QED) is 0.284. The third-order valence-electron chi connectivity index (χ3n) is 5.92. The molecule has 3 aromatic carbocycles. The summed E-state index contributed by atoms with van der Waals surface area (Å²) in [6.07, 6.45) is 0. The molecule has 5 rings (SSSR count). The number of para-hydroxylation sites is 1. The Balaban J connectivity index is 1.75. The maximum Gasteiger partial charge on any atom is 0.262 e. The number of carbonyl (C=O) groups excluding carboxylic acids is 1. The minimum atomic E-state index is -0.200. The molecule has 0 aliphatic heterocycles. The van der Waals surface area contributed by atoms with E-state index in [0.717, 1.165) is 27.2 Å². The SMILES string of the molecule is CCN(C(=O)Cn1c(=O)c2ccccc2n2c(=S)sc(-c3ccccc3)c12)c1cccc(C)c1. The molecule has 34 heavy (non-hydrogen) atoms. The third kappa shape index (κ3) is 3.77. The molecule has 7 heteroatoms. The number of hydrogen-bond acceptors (Lipinski definition) is 4. The van der Waals surface area contributed by atoms with Gasteiger partial charge in [0.2, 0.25) is 5.91 Å². The molecule has 0 saturated carbocycles. The van der Waals surface area contributed by atoms with E-state index in [1.54, 1.807) is 15.5 Å². The molecule has 5 aromatic rings. The van der Waals surface area contributed by atoms with E-state index < -0.39 is 0 Å². The van der Waals surface area contributed by atoms with Crippen molar-refractivity contribution in [2.75, 3.05) is 11.4 Å². The van der Waals surface area contributed by atoms with Crippen molar-refractivity contribution in [1.82, 2.24) is 8.97 Å². The molecular formula is C27H23N3O2S2. The minimum Gasteiger partial charge on any atom is -0.311 e. The van der Waals surface area contributed by atoms with Gasteiger partial charge in [-0.15, -0.1) is 11.3 Å². The van der Waals surface area contributed by atoms with Crippen LogP contribution in [-0.2, 0) is 11.3 Å². The Bertz CT molecular complexity index is 1650. The molecule has 2 heterocycles. The van der Waals surface area contributed by atoms with Crippen molar-refractivity contribution in [3.05, 3.63) is 98.7 Å². The van der Waals surface area contributed by atoms with Crippen molar-refractivity contribution in [2.45, 2.75) is 20.4 Å². The molecule has 1 amide bonds.